The maximum absolute atomic E-state index is 12.4. The molecule has 3 rings (SSSR count). The van der Waals surface area contributed by atoms with E-state index in [4.69, 9.17) is 0 Å². The van der Waals surface area contributed by atoms with Crippen LogP contribution in [0.5, 0.6) is 0 Å². The summed E-state index contributed by atoms with van der Waals surface area (Å²) in [6, 6.07) is 19.0. The Balaban J connectivity index is 1.31. The number of hydrogen-bond acceptors (Lipinski definition) is 3. The van der Waals surface area contributed by atoms with Gasteiger partial charge in [-0.05, 0) is 37.3 Å². The van der Waals surface area contributed by atoms with Crippen LogP contribution in [0.1, 0.15) is 60.8 Å². The lowest BCUT2D eigenvalue weighted by Crippen LogP contribution is -2.18. The van der Waals surface area contributed by atoms with Crippen molar-refractivity contribution in [2.75, 3.05) is 5.75 Å². The molecule has 0 saturated heterocycles. The molecule has 0 spiro atoms. The van der Waals surface area contributed by atoms with Crippen molar-refractivity contribution < 1.29 is 0 Å². The molecule has 0 N–H and O–H groups in total. The van der Waals surface area contributed by atoms with Crippen LogP contribution in [0, 0.1) is 6.92 Å². The molecule has 3 nitrogen and oxygen atoms in total. The van der Waals surface area contributed by atoms with E-state index in [0.717, 1.165) is 22.0 Å². The zero-order valence-electron chi connectivity index (χ0n) is 18.8. The number of nitrogens with zero attached hydrogens (tertiary/aromatic N) is 2. The van der Waals surface area contributed by atoms with Crippen molar-refractivity contribution in [3.8, 4) is 0 Å². The number of thioether (sulfide) groups is 1. The van der Waals surface area contributed by atoms with Gasteiger partial charge in [0.2, 0.25) is 0 Å². The molecule has 31 heavy (non-hydrogen) atoms. The SMILES string of the molecule is Cc1ccc(CCCCCCCCSc2nc(=O)c(Cc3ccccc3)cn2C)cc1. The Morgan fingerprint density at radius 2 is 1.52 bits per heavy atom. The van der Waals surface area contributed by atoms with Gasteiger partial charge in [-0.25, -0.2) is 0 Å². The van der Waals surface area contributed by atoms with Crippen molar-refractivity contribution in [1.29, 1.82) is 0 Å². The standard InChI is InChI=1S/C27H34N2OS/c1-22-15-17-23(18-16-22)12-8-5-3-4-6-11-19-31-27-28-26(30)25(21-29(27)2)20-24-13-9-7-10-14-24/h7,9-10,13-18,21H,3-6,8,11-12,19-20H2,1-2H3. The topological polar surface area (TPSA) is 34.9 Å². The molecule has 0 aliphatic heterocycles. The quantitative estimate of drug-likeness (QED) is 0.189. The van der Waals surface area contributed by atoms with Gasteiger partial charge in [0.25, 0.3) is 5.56 Å². The van der Waals surface area contributed by atoms with Crippen molar-refractivity contribution in [2.45, 2.75) is 63.4 Å². The van der Waals surface area contributed by atoms with Gasteiger partial charge in [-0.3, -0.25) is 4.79 Å². The Morgan fingerprint density at radius 1 is 0.839 bits per heavy atom. The first-order chi connectivity index (χ1) is 15.1. The largest absolute Gasteiger partial charge is 0.330 e. The van der Waals surface area contributed by atoms with Gasteiger partial charge in [-0.15, -0.1) is 0 Å². The molecule has 4 heteroatoms. The minimum atomic E-state index is -0.0990. The molecule has 0 unspecified atom stereocenters. The highest BCUT2D eigenvalue weighted by molar-refractivity contribution is 7.99. The summed E-state index contributed by atoms with van der Waals surface area (Å²) in [6.45, 7) is 2.14. The summed E-state index contributed by atoms with van der Waals surface area (Å²) < 4.78 is 2.00. The van der Waals surface area contributed by atoms with Crippen LogP contribution in [0.3, 0.4) is 0 Å². The third-order valence-corrected chi connectivity index (χ3v) is 6.70. The van der Waals surface area contributed by atoms with Crippen molar-refractivity contribution in [3.05, 3.63) is 93.4 Å². The number of aromatic nitrogens is 2. The lowest BCUT2D eigenvalue weighted by Gasteiger charge is -2.09. The highest BCUT2D eigenvalue weighted by Gasteiger charge is 2.08. The van der Waals surface area contributed by atoms with Gasteiger partial charge in [0, 0.05) is 31.0 Å². The first kappa shape index (κ1) is 23.3. The van der Waals surface area contributed by atoms with Crippen molar-refractivity contribution in [1.82, 2.24) is 9.55 Å². The molecule has 2 aromatic carbocycles. The molecular weight excluding hydrogens is 400 g/mol. The second kappa shape index (κ2) is 12.5. The van der Waals surface area contributed by atoms with Crippen LogP contribution in [-0.2, 0) is 19.9 Å². The number of hydrogen-bond donors (Lipinski definition) is 0. The van der Waals surface area contributed by atoms with E-state index in [0.29, 0.717) is 6.42 Å². The van der Waals surface area contributed by atoms with E-state index in [2.05, 4.69) is 36.2 Å². The zero-order chi connectivity index (χ0) is 21.9. The number of unbranched alkanes of at least 4 members (excludes halogenated alkanes) is 5. The van der Waals surface area contributed by atoms with E-state index in [-0.39, 0.29) is 5.56 Å². The maximum Gasteiger partial charge on any atom is 0.277 e. The molecule has 0 saturated carbocycles. The van der Waals surface area contributed by atoms with E-state index in [1.54, 1.807) is 11.8 Å². The summed E-state index contributed by atoms with van der Waals surface area (Å²) in [5.74, 6) is 1.02. The summed E-state index contributed by atoms with van der Waals surface area (Å²) >= 11 is 1.69. The van der Waals surface area contributed by atoms with Gasteiger partial charge in [0.05, 0.1) is 0 Å². The average molecular weight is 435 g/mol. The van der Waals surface area contributed by atoms with E-state index >= 15 is 0 Å². The van der Waals surface area contributed by atoms with E-state index < -0.39 is 0 Å². The molecule has 0 radical (unpaired) electrons. The molecule has 1 aromatic heterocycles. The summed E-state index contributed by atoms with van der Waals surface area (Å²) in [5.41, 5.74) is 4.58. The van der Waals surface area contributed by atoms with E-state index in [1.807, 2.05) is 48.1 Å². The third-order valence-electron chi connectivity index (χ3n) is 5.57. The Hall–Kier alpha value is -2.33. The molecule has 1 heterocycles. The average Bonchev–Trinajstić information content (AvgIpc) is 2.77. The van der Waals surface area contributed by atoms with E-state index in [9.17, 15) is 4.79 Å². The first-order valence-corrected chi connectivity index (χ1v) is 12.4. The van der Waals surface area contributed by atoms with Crippen LogP contribution in [0.25, 0.3) is 0 Å². The van der Waals surface area contributed by atoms with Gasteiger partial charge in [-0.1, -0.05) is 97.6 Å². The minimum absolute atomic E-state index is 0.0990. The lowest BCUT2D eigenvalue weighted by molar-refractivity contribution is 0.609. The molecule has 0 amide bonds. The van der Waals surface area contributed by atoms with Crippen LogP contribution < -0.4 is 5.56 Å². The molecule has 3 aromatic rings. The molecular formula is C27H34N2OS. The second-order valence-corrected chi connectivity index (χ2v) is 9.39. The highest BCUT2D eigenvalue weighted by Crippen LogP contribution is 2.18. The normalized spacial score (nSPS) is 11.0. The molecule has 0 aliphatic carbocycles. The van der Waals surface area contributed by atoms with Gasteiger partial charge in [0.1, 0.15) is 0 Å². The Bertz CT molecular complexity index is 980. The predicted molar refractivity (Wildman–Crippen MR) is 132 cm³/mol. The van der Waals surface area contributed by atoms with Crippen LogP contribution in [0.2, 0.25) is 0 Å². The van der Waals surface area contributed by atoms with Crippen LogP contribution in [0.4, 0.5) is 0 Å². The third kappa shape index (κ3) is 8.02. The lowest BCUT2D eigenvalue weighted by atomic mass is 10.0. The number of aryl methyl sites for hydroxylation is 3. The fraction of sp³-hybridized carbons (Fsp3) is 0.407. The summed E-state index contributed by atoms with van der Waals surface area (Å²) in [6.07, 6.45) is 11.4. The van der Waals surface area contributed by atoms with E-state index in [1.165, 1.54) is 56.1 Å². The van der Waals surface area contributed by atoms with Crippen molar-refractivity contribution in [2.24, 2.45) is 7.05 Å². The molecule has 164 valence electrons. The van der Waals surface area contributed by atoms with Gasteiger partial charge >= 0.3 is 0 Å². The highest BCUT2D eigenvalue weighted by atomic mass is 32.2. The number of rotatable bonds is 12. The Labute approximate surface area is 190 Å². The summed E-state index contributed by atoms with van der Waals surface area (Å²) in [4.78, 5) is 16.7. The summed E-state index contributed by atoms with van der Waals surface area (Å²) in [7, 11) is 1.98. The maximum atomic E-state index is 12.4. The first-order valence-electron chi connectivity index (χ1n) is 11.4. The van der Waals surface area contributed by atoms with Crippen LogP contribution >= 0.6 is 11.8 Å². The fourth-order valence-corrected chi connectivity index (χ4v) is 4.64. The van der Waals surface area contributed by atoms with Gasteiger partial charge in [0.15, 0.2) is 5.16 Å². The molecule has 0 fully saturated rings. The minimum Gasteiger partial charge on any atom is -0.330 e. The second-order valence-electron chi connectivity index (χ2n) is 8.33. The predicted octanol–water partition coefficient (Wildman–Crippen LogP) is 6.35. The molecule has 0 atom stereocenters. The molecule has 0 aliphatic rings. The monoisotopic (exact) mass is 434 g/mol. The molecule has 0 bridgehead atoms. The number of benzene rings is 2. The van der Waals surface area contributed by atoms with Gasteiger partial charge < -0.3 is 4.57 Å². The van der Waals surface area contributed by atoms with Crippen molar-refractivity contribution >= 4 is 11.8 Å². The van der Waals surface area contributed by atoms with Crippen LogP contribution in [0.15, 0.2) is 70.7 Å². The van der Waals surface area contributed by atoms with Crippen molar-refractivity contribution in [3.63, 3.8) is 0 Å². The Morgan fingerprint density at radius 3 is 2.26 bits per heavy atom. The smallest absolute Gasteiger partial charge is 0.277 e. The Kier molecular flexibility index (Phi) is 9.41. The van der Waals surface area contributed by atoms with Gasteiger partial charge in [-0.2, -0.15) is 4.98 Å². The fourth-order valence-electron chi connectivity index (χ4n) is 3.71. The van der Waals surface area contributed by atoms with Crippen LogP contribution in [-0.4, -0.2) is 15.3 Å². The zero-order valence-corrected chi connectivity index (χ0v) is 19.7. The summed E-state index contributed by atoms with van der Waals surface area (Å²) in [5, 5.41) is 0.819.